The molecule has 2 N–H and O–H groups in total. The quantitative estimate of drug-likeness (QED) is 0.177. The minimum absolute atomic E-state index is 0.0279. The van der Waals surface area contributed by atoms with Crippen molar-refractivity contribution in [1.82, 2.24) is 0 Å². The third-order valence-corrected chi connectivity index (χ3v) is 13.3. The summed E-state index contributed by atoms with van der Waals surface area (Å²) in [5.74, 6) is 4.77. The molecule has 0 unspecified atom stereocenters. The fourth-order valence-corrected chi connectivity index (χ4v) is 11.0. The summed E-state index contributed by atoms with van der Waals surface area (Å²) in [6.07, 6.45) is 21.1. The van der Waals surface area contributed by atoms with Gasteiger partial charge in [0.2, 0.25) is 0 Å². The fraction of sp³-hybridized carbons (Fsp3) is 0.921. The van der Waals surface area contributed by atoms with Gasteiger partial charge >= 0.3 is 5.97 Å². The maximum atomic E-state index is 12.0. The van der Waals surface area contributed by atoms with Crippen molar-refractivity contribution in [3.63, 3.8) is 0 Å². The lowest BCUT2D eigenvalue weighted by atomic mass is 9.44. The van der Waals surface area contributed by atoms with Crippen LogP contribution >= 0.6 is 0 Å². The van der Waals surface area contributed by atoms with E-state index in [1.165, 1.54) is 77.0 Å². The Morgan fingerprint density at radius 3 is 2.22 bits per heavy atom. The van der Waals surface area contributed by atoms with Crippen LogP contribution in [0.15, 0.2) is 11.1 Å². The summed E-state index contributed by atoms with van der Waals surface area (Å²) in [6.45, 7) is 18.9. The number of carbonyl (C=O) groups is 1. The maximum Gasteiger partial charge on any atom is 0.302 e. The highest BCUT2D eigenvalue weighted by Gasteiger charge is 2.61. The molecule has 0 saturated heterocycles. The van der Waals surface area contributed by atoms with E-state index in [0.717, 1.165) is 67.6 Å². The third kappa shape index (κ3) is 6.66. The molecule has 0 aromatic rings. The van der Waals surface area contributed by atoms with Crippen LogP contribution in [0.25, 0.3) is 0 Å². The Balaban J connectivity index is 1.69. The highest BCUT2D eigenvalue weighted by atomic mass is 16.5. The highest BCUT2D eigenvalue weighted by molar-refractivity contribution is 5.66. The van der Waals surface area contributed by atoms with Crippen LogP contribution in [0.5, 0.6) is 0 Å². The van der Waals surface area contributed by atoms with Crippen molar-refractivity contribution in [2.45, 2.75) is 176 Å². The molecule has 3 saturated carbocycles. The first-order chi connectivity index (χ1) is 19.4. The van der Waals surface area contributed by atoms with E-state index in [1.807, 2.05) is 0 Å². The Labute approximate surface area is 254 Å². The van der Waals surface area contributed by atoms with Crippen molar-refractivity contribution in [3.8, 4) is 0 Å². The van der Waals surface area contributed by atoms with Gasteiger partial charge in [0.15, 0.2) is 0 Å². The van der Waals surface area contributed by atoms with Gasteiger partial charge in [-0.25, -0.2) is 0 Å². The van der Waals surface area contributed by atoms with Crippen molar-refractivity contribution < 1.29 is 9.53 Å². The summed E-state index contributed by atoms with van der Waals surface area (Å²) >= 11 is 0. The number of nitrogens with two attached hydrogens (primary N) is 1. The zero-order valence-electron chi connectivity index (χ0n) is 28.5. The molecule has 41 heavy (non-hydrogen) atoms. The second kappa shape index (κ2) is 13.4. The molecular formula is C38H67NO2. The predicted octanol–water partition coefficient (Wildman–Crippen LogP) is 10.4. The second-order valence-electron chi connectivity index (χ2n) is 16.3. The largest absolute Gasteiger partial charge is 0.462 e. The normalized spacial score (nSPS) is 36.1. The Morgan fingerprint density at radius 1 is 0.927 bits per heavy atom. The first-order valence-corrected chi connectivity index (χ1v) is 18.1. The number of ether oxygens (including phenoxy) is 1. The Kier molecular flexibility index (Phi) is 10.8. The molecule has 0 spiro atoms. The van der Waals surface area contributed by atoms with E-state index in [4.69, 9.17) is 10.5 Å². The molecular weight excluding hydrogens is 502 g/mol. The number of hydrogen-bond acceptors (Lipinski definition) is 3. The van der Waals surface area contributed by atoms with Crippen molar-refractivity contribution in [2.24, 2.45) is 52.1 Å². The molecule has 0 heterocycles. The lowest BCUT2D eigenvalue weighted by Crippen LogP contribution is -2.55. The first-order valence-electron chi connectivity index (χ1n) is 18.1. The van der Waals surface area contributed by atoms with E-state index in [1.54, 1.807) is 18.1 Å². The Bertz CT molecular complexity index is 913. The molecule has 0 aromatic heterocycles. The monoisotopic (exact) mass is 570 g/mol. The van der Waals surface area contributed by atoms with Gasteiger partial charge < -0.3 is 10.5 Å². The molecule has 236 valence electrons. The lowest BCUT2D eigenvalue weighted by molar-refractivity contribution is -0.148. The number of carbonyl (C=O) groups excluding carboxylic acids is 1. The van der Waals surface area contributed by atoms with Crippen LogP contribution in [0.4, 0.5) is 0 Å². The van der Waals surface area contributed by atoms with Gasteiger partial charge in [-0.3, -0.25) is 4.79 Å². The summed E-state index contributed by atoms with van der Waals surface area (Å²) in [5, 5.41) is 0. The van der Waals surface area contributed by atoms with Crippen LogP contribution in [-0.4, -0.2) is 17.6 Å². The third-order valence-electron chi connectivity index (χ3n) is 13.3. The Hall–Kier alpha value is -0.830. The topological polar surface area (TPSA) is 52.3 Å². The van der Waals surface area contributed by atoms with E-state index in [0.29, 0.717) is 5.41 Å². The molecule has 4 rings (SSSR count). The van der Waals surface area contributed by atoms with Gasteiger partial charge in [-0.2, -0.15) is 0 Å². The number of rotatable bonds is 13. The maximum absolute atomic E-state index is 12.0. The number of fused-ring (bicyclic) bond motifs is 5. The molecule has 0 aliphatic heterocycles. The van der Waals surface area contributed by atoms with E-state index in [9.17, 15) is 4.79 Å². The van der Waals surface area contributed by atoms with Crippen LogP contribution in [0.1, 0.15) is 165 Å². The minimum Gasteiger partial charge on any atom is -0.462 e. The molecule has 8 atom stereocenters. The molecule has 4 aliphatic rings. The van der Waals surface area contributed by atoms with Crippen molar-refractivity contribution in [3.05, 3.63) is 11.1 Å². The average Bonchev–Trinajstić information content (AvgIpc) is 3.27. The van der Waals surface area contributed by atoms with Crippen LogP contribution in [0.2, 0.25) is 0 Å². The Morgan fingerprint density at radius 2 is 1.61 bits per heavy atom. The van der Waals surface area contributed by atoms with Crippen molar-refractivity contribution >= 4 is 5.97 Å². The molecule has 3 nitrogen and oxygen atoms in total. The first kappa shape index (κ1) is 33.1. The standard InChI is InChI=1S/C38H67NO2/c1-9-11-20-38(39,21-12-10-2)35-25-30-32-17-16-31(27(5)15-13-14-26(3)4)36(32,7)23-19-33(30)37(8)22-18-29(24-34(35)37)41-28(6)40/h26-27,29-33H,9-25,39H2,1-8H3/t27-,29+,30+,31-,32+,33+,36-,37-/m1/s1. The van der Waals surface area contributed by atoms with Gasteiger partial charge in [0.25, 0.3) is 0 Å². The number of hydrogen-bond donors (Lipinski definition) is 1. The molecule has 3 fully saturated rings. The van der Waals surface area contributed by atoms with Crippen molar-refractivity contribution in [2.75, 3.05) is 0 Å². The predicted molar refractivity (Wildman–Crippen MR) is 174 cm³/mol. The van der Waals surface area contributed by atoms with E-state index < -0.39 is 0 Å². The van der Waals surface area contributed by atoms with Crippen LogP contribution in [0, 0.1) is 46.3 Å². The molecule has 3 heteroatoms. The highest BCUT2D eigenvalue weighted by Crippen LogP contribution is 2.69. The minimum atomic E-state index is -0.207. The van der Waals surface area contributed by atoms with E-state index in [2.05, 4.69) is 48.5 Å². The summed E-state index contributed by atoms with van der Waals surface area (Å²) in [5.41, 5.74) is 11.4. The zero-order chi connectivity index (χ0) is 30.0. The number of esters is 1. The average molecular weight is 570 g/mol. The molecule has 0 radical (unpaired) electrons. The van der Waals surface area contributed by atoms with Gasteiger partial charge in [0.05, 0.1) is 0 Å². The number of unbranched alkanes of at least 4 members (excludes halogenated alkanes) is 2. The summed E-state index contributed by atoms with van der Waals surface area (Å²) in [6, 6.07) is 0. The SMILES string of the molecule is CCCCC(N)(CCCC)C1=C2C[C@@H](OC(C)=O)CC[C@]2(C)[C@H]2CC[C@]3(C)[C@@H]([C@H](C)CCCC(C)C)CC[C@H]3[C@@H]2C1. The molecule has 0 bridgehead atoms. The fourth-order valence-electron chi connectivity index (χ4n) is 11.0. The summed E-state index contributed by atoms with van der Waals surface area (Å²) in [7, 11) is 0. The van der Waals surface area contributed by atoms with Crippen molar-refractivity contribution in [1.29, 1.82) is 0 Å². The smallest absolute Gasteiger partial charge is 0.302 e. The van der Waals surface area contributed by atoms with Gasteiger partial charge in [-0.05, 0) is 104 Å². The van der Waals surface area contributed by atoms with Gasteiger partial charge in [0, 0.05) is 18.9 Å². The van der Waals surface area contributed by atoms with Crippen LogP contribution in [0.3, 0.4) is 0 Å². The zero-order valence-corrected chi connectivity index (χ0v) is 28.5. The molecule has 4 aliphatic carbocycles. The lowest BCUT2D eigenvalue weighted by Gasteiger charge is -2.61. The molecule has 0 aromatic carbocycles. The van der Waals surface area contributed by atoms with Gasteiger partial charge in [0.1, 0.15) is 6.10 Å². The summed E-state index contributed by atoms with van der Waals surface area (Å²) in [4.78, 5) is 12.0. The molecule has 0 amide bonds. The second-order valence-corrected chi connectivity index (χ2v) is 16.3. The summed E-state index contributed by atoms with van der Waals surface area (Å²) < 4.78 is 5.90. The van der Waals surface area contributed by atoms with E-state index >= 15 is 0 Å². The van der Waals surface area contributed by atoms with Crippen LogP contribution in [-0.2, 0) is 9.53 Å². The van der Waals surface area contributed by atoms with E-state index in [-0.39, 0.29) is 23.0 Å². The van der Waals surface area contributed by atoms with Gasteiger partial charge in [-0.1, -0.05) is 105 Å². The van der Waals surface area contributed by atoms with Gasteiger partial charge in [-0.15, -0.1) is 0 Å². The van der Waals surface area contributed by atoms with Crippen LogP contribution < -0.4 is 5.73 Å².